The van der Waals surface area contributed by atoms with Gasteiger partial charge in [-0.2, -0.15) is 0 Å². The number of alkyl halides is 2. The fourth-order valence-corrected chi connectivity index (χ4v) is 9.07. The van der Waals surface area contributed by atoms with Gasteiger partial charge in [0.1, 0.15) is 0 Å². The molecule has 0 N–H and O–H groups in total. The van der Waals surface area contributed by atoms with Crippen molar-refractivity contribution in [1.29, 1.82) is 0 Å². The van der Waals surface area contributed by atoms with E-state index in [2.05, 4.69) is 72.4 Å². The highest BCUT2D eigenvalue weighted by Gasteiger charge is 2.50. The second-order valence-electron chi connectivity index (χ2n) is 7.80. The van der Waals surface area contributed by atoms with Crippen molar-refractivity contribution >= 4 is 47.3 Å². The molecule has 3 nitrogen and oxygen atoms in total. The van der Waals surface area contributed by atoms with Crippen LogP contribution in [0.3, 0.4) is 0 Å². The van der Waals surface area contributed by atoms with Gasteiger partial charge in [-0.1, -0.05) is 104 Å². The summed E-state index contributed by atoms with van der Waals surface area (Å²) >= 11 is 2.16. The third-order valence-corrected chi connectivity index (χ3v) is 10.7. The molecule has 2 aromatic carbocycles. The molecule has 2 rings (SSSR count). The Hall–Kier alpha value is -1.25. The van der Waals surface area contributed by atoms with Gasteiger partial charge in [0.25, 0.3) is 8.32 Å². The highest BCUT2D eigenvalue weighted by molar-refractivity contribution is 14.1. The van der Waals surface area contributed by atoms with E-state index in [-0.39, 0.29) is 15.4 Å². The summed E-state index contributed by atoms with van der Waals surface area (Å²) in [5.74, 6) is -0.827. The Balaban J connectivity index is 2.38. The molecule has 0 unspecified atom stereocenters. The molecule has 0 aromatic heterocycles. The number of halogens is 2. The van der Waals surface area contributed by atoms with Gasteiger partial charge < -0.3 is 9.16 Å². The second kappa shape index (κ2) is 9.98. The molecule has 0 aliphatic carbocycles. The van der Waals surface area contributed by atoms with E-state index >= 15 is 0 Å². The van der Waals surface area contributed by atoms with Crippen molar-refractivity contribution in [2.75, 3.05) is 13.7 Å². The Kier molecular flexibility index (Phi) is 8.21. The number of esters is 1. The molecule has 0 spiro atoms. The molecule has 28 heavy (non-hydrogen) atoms. The van der Waals surface area contributed by atoms with E-state index in [4.69, 9.17) is 4.43 Å². The quantitative estimate of drug-likeness (QED) is 0.229. The van der Waals surface area contributed by atoms with Crippen LogP contribution in [0.2, 0.25) is 5.04 Å². The van der Waals surface area contributed by atoms with Crippen LogP contribution in [-0.2, 0) is 14.0 Å². The maximum absolute atomic E-state index is 14.0. The molecule has 2 atom stereocenters. The third-order valence-electron chi connectivity index (χ3n) is 4.82. The minimum absolute atomic E-state index is 0.0748. The minimum Gasteiger partial charge on any atom is -0.467 e. The first-order chi connectivity index (χ1) is 13.2. The standard InChI is InChI=1S/C22H28FIO3Si/c1-22(2,3)28(18-11-7-5-8-12-18,19-13-9-6-10-14-19)27-16-17(24)15-20(23)21(25)26-4/h5-14,17,20H,15-16H2,1-4H3/t17-,20-/m0/s1. The van der Waals surface area contributed by atoms with Crippen LogP contribution in [-0.4, -0.2) is 38.1 Å². The van der Waals surface area contributed by atoms with Gasteiger partial charge in [0.05, 0.1) is 7.11 Å². The van der Waals surface area contributed by atoms with Crippen LogP contribution in [0.4, 0.5) is 4.39 Å². The van der Waals surface area contributed by atoms with Gasteiger partial charge >= 0.3 is 5.97 Å². The van der Waals surface area contributed by atoms with Crippen molar-refractivity contribution in [2.24, 2.45) is 0 Å². The monoisotopic (exact) mass is 514 g/mol. The second-order valence-corrected chi connectivity index (χ2v) is 13.9. The Morgan fingerprint density at radius 3 is 1.89 bits per heavy atom. The third kappa shape index (κ3) is 5.21. The van der Waals surface area contributed by atoms with Crippen LogP contribution in [0.15, 0.2) is 60.7 Å². The topological polar surface area (TPSA) is 35.5 Å². The average Bonchev–Trinajstić information content (AvgIpc) is 2.68. The van der Waals surface area contributed by atoms with Crippen LogP contribution in [0.25, 0.3) is 0 Å². The summed E-state index contributed by atoms with van der Waals surface area (Å²) in [6, 6.07) is 20.6. The van der Waals surface area contributed by atoms with Gasteiger partial charge in [0.2, 0.25) is 0 Å². The van der Waals surface area contributed by atoms with E-state index in [0.29, 0.717) is 6.61 Å². The van der Waals surface area contributed by atoms with Crippen molar-refractivity contribution in [3.8, 4) is 0 Å². The zero-order valence-corrected chi connectivity index (χ0v) is 20.0. The Bertz CT molecular complexity index is 710. The number of rotatable bonds is 8. The van der Waals surface area contributed by atoms with E-state index in [0.717, 1.165) is 0 Å². The van der Waals surface area contributed by atoms with Gasteiger partial charge in [-0.25, -0.2) is 9.18 Å². The lowest BCUT2D eigenvalue weighted by molar-refractivity contribution is -0.146. The Morgan fingerprint density at radius 2 is 1.50 bits per heavy atom. The number of carbonyl (C=O) groups is 1. The molecular weight excluding hydrogens is 486 g/mol. The summed E-state index contributed by atoms with van der Waals surface area (Å²) in [6.45, 7) is 6.97. The number of methoxy groups -OCH3 is 1. The van der Waals surface area contributed by atoms with Gasteiger partial charge in [0, 0.05) is 17.0 Å². The largest absolute Gasteiger partial charge is 0.467 e. The molecule has 2 aromatic rings. The van der Waals surface area contributed by atoms with Crippen LogP contribution in [0.1, 0.15) is 27.2 Å². The molecular formula is C22H28FIO3Si. The number of benzene rings is 2. The first-order valence-corrected chi connectivity index (χ1v) is 12.5. The first kappa shape index (κ1) is 23.0. The van der Waals surface area contributed by atoms with Gasteiger partial charge in [-0.3, -0.25) is 0 Å². The van der Waals surface area contributed by atoms with Gasteiger partial charge in [-0.05, 0) is 15.4 Å². The minimum atomic E-state index is -2.64. The summed E-state index contributed by atoms with van der Waals surface area (Å²) in [4.78, 5) is 11.4. The first-order valence-electron chi connectivity index (χ1n) is 9.33. The molecule has 6 heteroatoms. The molecule has 0 amide bonds. The van der Waals surface area contributed by atoms with E-state index in [1.54, 1.807) is 0 Å². The van der Waals surface area contributed by atoms with Crippen molar-refractivity contribution in [1.82, 2.24) is 0 Å². The highest BCUT2D eigenvalue weighted by atomic mass is 127. The summed E-state index contributed by atoms with van der Waals surface area (Å²) in [5, 5.41) is 2.23. The molecule has 0 heterocycles. The van der Waals surface area contributed by atoms with E-state index < -0.39 is 20.5 Å². The molecule has 0 aliphatic heterocycles. The van der Waals surface area contributed by atoms with E-state index in [9.17, 15) is 9.18 Å². The lowest BCUT2D eigenvalue weighted by Crippen LogP contribution is -2.67. The average molecular weight is 514 g/mol. The number of hydrogen-bond donors (Lipinski definition) is 0. The Labute approximate surface area is 181 Å². The van der Waals surface area contributed by atoms with Gasteiger partial charge in [-0.15, -0.1) is 0 Å². The number of hydrogen-bond acceptors (Lipinski definition) is 3. The van der Waals surface area contributed by atoms with Crippen molar-refractivity contribution in [3.05, 3.63) is 60.7 Å². The summed E-state index contributed by atoms with van der Waals surface area (Å²) < 4.78 is 25.1. The van der Waals surface area contributed by atoms with Gasteiger partial charge in [0.15, 0.2) is 6.17 Å². The maximum Gasteiger partial charge on any atom is 0.340 e. The van der Waals surface area contributed by atoms with Crippen LogP contribution in [0, 0.1) is 0 Å². The van der Waals surface area contributed by atoms with Crippen molar-refractivity contribution < 1.29 is 18.3 Å². The molecule has 0 bridgehead atoms. The molecule has 0 radical (unpaired) electrons. The van der Waals surface area contributed by atoms with Crippen LogP contribution >= 0.6 is 22.6 Å². The smallest absolute Gasteiger partial charge is 0.340 e. The summed E-state index contributed by atoms with van der Waals surface area (Å²) in [6.07, 6.45) is -1.56. The van der Waals surface area contributed by atoms with Crippen LogP contribution < -0.4 is 10.4 Å². The molecule has 0 fully saturated rings. The predicted molar refractivity (Wildman–Crippen MR) is 123 cm³/mol. The number of carbonyl (C=O) groups excluding carboxylic acids is 1. The molecule has 0 saturated carbocycles. The fraction of sp³-hybridized carbons (Fsp3) is 0.409. The normalized spacial score (nSPS) is 14.4. The molecule has 0 aliphatic rings. The Morgan fingerprint density at radius 1 is 1.04 bits per heavy atom. The number of ether oxygens (including phenoxy) is 1. The predicted octanol–water partition coefficient (Wildman–Crippen LogP) is 4.27. The molecule has 0 saturated heterocycles. The van der Waals surface area contributed by atoms with Crippen molar-refractivity contribution in [3.63, 3.8) is 0 Å². The highest BCUT2D eigenvalue weighted by Crippen LogP contribution is 2.37. The SMILES string of the molecule is COC(=O)[C@@H](F)C[C@H](I)CO[Si](c1ccccc1)(c1ccccc1)C(C)(C)C. The molecule has 152 valence electrons. The van der Waals surface area contributed by atoms with E-state index in [1.165, 1.54) is 17.5 Å². The fourth-order valence-electron chi connectivity index (χ4n) is 3.49. The van der Waals surface area contributed by atoms with Crippen molar-refractivity contribution in [2.45, 2.75) is 42.3 Å². The maximum atomic E-state index is 14.0. The lowest BCUT2D eigenvalue weighted by Gasteiger charge is -2.43. The lowest BCUT2D eigenvalue weighted by atomic mass is 10.2. The zero-order chi connectivity index (χ0) is 20.8. The summed E-state index contributed by atoms with van der Waals surface area (Å²) in [7, 11) is -1.44. The van der Waals surface area contributed by atoms with E-state index in [1.807, 2.05) is 36.4 Å². The van der Waals surface area contributed by atoms with Crippen LogP contribution in [0.5, 0.6) is 0 Å². The summed E-state index contributed by atoms with van der Waals surface area (Å²) in [5.41, 5.74) is 0. The zero-order valence-electron chi connectivity index (χ0n) is 16.8.